The third-order valence-electron chi connectivity index (χ3n) is 6.10. The van der Waals surface area contributed by atoms with Crippen molar-refractivity contribution in [2.75, 3.05) is 22.9 Å². The number of hydrogen-bond donors (Lipinski definition) is 4. The van der Waals surface area contributed by atoms with Crippen molar-refractivity contribution in [3.63, 3.8) is 0 Å². The molecule has 0 heterocycles. The lowest BCUT2D eigenvalue weighted by atomic mass is 9.92. The Morgan fingerprint density at radius 1 is 0.441 bits per heavy atom. The van der Waals surface area contributed by atoms with Crippen LogP contribution in [-0.4, -0.2) is 0 Å². The van der Waals surface area contributed by atoms with Gasteiger partial charge in [-0.2, -0.15) is 0 Å². The molecular formula is C30H36N4. The van der Waals surface area contributed by atoms with Gasteiger partial charge in [-0.3, -0.25) is 0 Å². The molecule has 4 nitrogen and oxygen atoms in total. The van der Waals surface area contributed by atoms with E-state index in [4.69, 9.17) is 22.9 Å². The Balaban J connectivity index is 0.000000192. The molecule has 4 aromatic carbocycles. The number of nitrogens with two attached hydrogens (primary N) is 4. The minimum Gasteiger partial charge on any atom is -0.399 e. The molecule has 0 spiro atoms. The summed E-state index contributed by atoms with van der Waals surface area (Å²) in [6.07, 6.45) is 1.96. The van der Waals surface area contributed by atoms with E-state index in [-0.39, 0.29) is 0 Å². The predicted molar refractivity (Wildman–Crippen MR) is 150 cm³/mol. The summed E-state index contributed by atoms with van der Waals surface area (Å²) in [5, 5.41) is 0. The fraction of sp³-hybridized carbons (Fsp3) is 0.200. The average Bonchev–Trinajstić information content (AvgIpc) is 2.80. The van der Waals surface area contributed by atoms with E-state index < -0.39 is 0 Å². The minimum absolute atomic E-state index is 0.800. The van der Waals surface area contributed by atoms with Crippen molar-refractivity contribution in [1.29, 1.82) is 0 Å². The summed E-state index contributed by atoms with van der Waals surface area (Å²) in [5.74, 6) is 0. The Hall–Kier alpha value is -3.92. The summed E-state index contributed by atoms with van der Waals surface area (Å²) < 4.78 is 0. The predicted octanol–water partition coefficient (Wildman–Crippen LogP) is 6.78. The fourth-order valence-corrected chi connectivity index (χ4v) is 4.32. The van der Waals surface area contributed by atoms with Crippen LogP contribution in [0, 0.1) is 13.8 Å². The third kappa shape index (κ3) is 5.70. The number of hydrogen-bond acceptors (Lipinski definition) is 4. The number of aryl methyl sites for hydroxylation is 4. The molecule has 0 fully saturated rings. The second-order valence-corrected chi connectivity index (χ2v) is 8.69. The molecule has 0 amide bonds. The molecule has 0 radical (unpaired) electrons. The molecule has 176 valence electrons. The maximum absolute atomic E-state index is 5.86. The lowest BCUT2D eigenvalue weighted by molar-refractivity contribution is 1.12. The Bertz CT molecular complexity index is 1190. The van der Waals surface area contributed by atoms with Gasteiger partial charge in [0.15, 0.2) is 0 Å². The van der Waals surface area contributed by atoms with Crippen LogP contribution in [0.2, 0.25) is 0 Å². The molecule has 0 atom stereocenters. The van der Waals surface area contributed by atoms with Crippen LogP contribution < -0.4 is 22.9 Å². The van der Waals surface area contributed by atoms with Gasteiger partial charge in [0.1, 0.15) is 0 Å². The van der Waals surface area contributed by atoms with E-state index in [1.54, 1.807) is 0 Å². The van der Waals surface area contributed by atoms with Crippen LogP contribution >= 0.6 is 0 Å². The average molecular weight is 453 g/mol. The van der Waals surface area contributed by atoms with Crippen molar-refractivity contribution >= 4 is 22.7 Å². The molecule has 0 saturated carbocycles. The van der Waals surface area contributed by atoms with Gasteiger partial charge in [-0.1, -0.05) is 38.1 Å². The van der Waals surface area contributed by atoms with Crippen LogP contribution in [0.25, 0.3) is 22.3 Å². The molecule has 0 aromatic heterocycles. The van der Waals surface area contributed by atoms with E-state index in [0.29, 0.717) is 0 Å². The van der Waals surface area contributed by atoms with E-state index in [1.165, 1.54) is 44.5 Å². The van der Waals surface area contributed by atoms with Crippen molar-refractivity contribution in [1.82, 2.24) is 0 Å². The van der Waals surface area contributed by atoms with Gasteiger partial charge in [0.2, 0.25) is 0 Å². The maximum Gasteiger partial charge on any atom is 0.0317 e. The van der Waals surface area contributed by atoms with Crippen molar-refractivity contribution in [2.45, 2.75) is 40.5 Å². The zero-order valence-electron chi connectivity index (χ0n) is 20.7. The Morgan fingerprint density at radius 3 is 1.03 bits per heavy atom. The standard InChI is InChI=1S/C16H20N2.C14H16N2/c1-3-11-9-13(17)5-7-15(11)16-8-6-14(18)10-12(16)4-2;1-9-7-11(15)3-5-13(9)14-6-4-12(16)8-10(14)2/h5-10H,3-4,17-18H2,1-2H3;3-8H,15-16H2,1-2H3. The molecule has 4 rings (SSSR count). The van der Waals surface area contributed by atoms with Crippen LogP contribution in [0.5, 0.6) is 0 Å². The monoisotopic (exact) mass is 452 g/mol. The Morgan fingerprint density at radius 2 is 0.735 bits per heavy atom. The number of nitrogen functional groups attached to an aromatic ring is 4. The summed E-state index contributed by atoms with van der Waals surface area (Å²) in [6.45, 7) is 8.45. The van der Waals surface area contributed by atoms with Gasteiger partial charge in [0.05, 0.1) is 0 Å². The highest BCUT2D eigenvalue weighted by atomic mass is 14.6. The molecule has 4 heteroatoms. The number of benzene rings is 4. The highest BCUT2D eigenvalue weighted by Gasteiger charge is 2.09. The molecule has 0 saturated heterocycles. The van der Waals surface area contributed by atoms with Crippen LogP contribution in [0.15, 0.2) is 72.8 Å². The molecule has 0 aliphatic heterocycles. The first-order valence-corrected chi connectivity index (χ1v) is 11.7. The minimum atomic E-state index is 0.800. The zero-order chi connectivity index (χ0) is 24.8. The summed E-state index contributed by atoms with van der Waals surface area (Å²) in [6, 6.07) is 24.2. The Labute approximate surface area is 203 Å². The van der Waals surface area contributed by atoms with Crippen LogP contribution in [0.4, 0.5) is 22.7 Å². The molecule has 8 N–H and O–H groups in total. The van der Waals surface area contributed by atoms with Crippen molar-refractivity contribution in [2.24, 2.45) is 0 Å². The maximum atomic E-state index is 5.86. The fourth-order valence-electron chi connectivity index (χ4n) is 4.32. The van der Waals surface area contributed by atoms with Gasteiger partial charge >= 0.3 is 0 Å². The summed E-state index contributed by atoms with van der Waals surface area (Å²) in [7, 11) is 0. The highest BCUT2D eigenvalue weighted by Crippen LogP contribution is 2.31. The highest BCUT2D eigenvalue weighted by molar-refractivity contribution is 5.75. The first-order valence-electron chi connectivity index (χ1n) is 11.7. The first-order chi connectivity index (χ1) is 16.2. The van der Waals surface area contributed by atoms with Gasteiger partial charge in [0, 0.05) is 22.7 Å². The van der Waals surface area contributed by atoms with Crippen LogP contribution in [0.3, 0.4) is 0 Å². The second kappa shape index (κ2) is 10.8. The van der Waals surface area contributed by atoms with Crippen molar-refractivity contribution < 1.29 is 0 Å². The smallest absolute Gasteiger partial charge is 0.0317 e. The van der Waals surface area contributed by atoms with Crippen molar-refractivity contribution in [3.05, 3.63) is 95.1 Å². The molecule has 0 aliphatic rings. The van der Waals surface area contributed by atoms with Crippen LogP contribution in [-0.2, 0) is 12.8 Å². The van der Waals surface area contributed by atoms with E-state index in [9.17, 15) is 0 Å². The lowest BCUT2D eigenvalue weighted by Crippen LogP contribution is -1.96. The van der Waals surface area contributed by atoms with E-state index in [0.717, 1.165) is 35.6 Å². The normalized spacial score (nSPS) is 10.5. The van der Waals surface area contributed by atoms with E-state index in [2.05, 4.69) is 64.1 Å². The van der Waals surface area contributed by atoms with Crippen LogP contribution in [0.1, 0.15) is 36.1 Å². The van der Waals surface area contributed by atoms with Gasteiger partial charge < -0.3 is 22.9 Å². The van der Waals surface area contributed by atoms with Gasteiger partial charge in [-0.25, -0.2) is 0 Å². The largest absolute Gasteiger partial charge is 0.399 e. The molecule has 0 aliphatic carbocycles. The van der Waals surface area contributed by atoms with E-state index >= 15 is 0 Å². The Kier molecular flexibility index (Phi) is 7.85. The first kappa shape index (κ1) is 24.7. The van der Waals surface area contributed by atoms with Gasteiger partial charge in [-0.15, -0.1) is 0 Å². The molecule has 4 aromatic rings. The molecule has 0 unspecified atom stereocenters. The van der Waals surface area contributed by atoms with Gasteiger partial charge in [0.25, 0.3) is 0 Å². The number of rotatable bonds is 4. The summed E-state index contributed by atoms with van der Waals surface area (Å²) >= 11 is 0. The SMILES string of the molecule is CCc1cc(N)ccc1-c1ccc(N)cc1CC.Cc1cc(N)ccc1-c1ccc(N)cc1C. The van der Waals surface area contributed by atoms with Gasteiger partial charge in [-0.05, 0) is 120 Å². The molecule has 34 heavy (non-hydrogen) atoms. The third-order valence-corrected chi connectivity index (χ3v) is 6.10. The molecular weight excluding hydrogens is 416 g/mol. The van der Waals surface area contributed by atoms with E-state index in [1.807, 2.05) is 36.4 Å². The second-order valence-electron chi connectivity index (χ2n) is 8.69. The summed E-state index contributed by atoms with van der Waals surface area (Å²) in [4.78, 5) is 0. The molecule has 0 bridgehead atoms. The topological polar surface area (TPSA) is 104 Å². The number of anilines is 4. The summed E-state index contributed by atoms with van der Waals surface area (Å²) in [5.41, 5.74) is 36.4. The zero-order valence-corrected chi connectivity index (χ0v) is 20.7. The van der Waals surface area contributed by atoms with Crippen molar-refractivity contribution in [3.8, 4) is 22.3 Å². The quantitative estimate of drug-likeness (QED) is 0.256. The lowest BCUT2D eigenvalue weighted by Gasteiger charge is -2.13.